The minimum absolute atomic E-state index is 0.150. The molecule has 3 nitrogen and oxygen atoms in total. The normalized spacial score (nSPS) is 16.0. The van der Waals surface area contributed by atoms with Crippen LogP contribution in [0.15, 0.2) is 0 Å². The fraction of sp³-hybridized carbons (Fsp3) is 1.00. The summed E-state index contributed by atoms with van der Waals surface area (Å²) >= 11 is 0. The van der Waals surface area contributed by atoms with Crippen molar-refractivity contribution < 1.29 is 9.84 Å². The molecule has 0 amide bonds. The van der Waals surface area contributed by atoms with Crippen molar-refractivity contribution >= 4 is 0 Å². The first-order valence-electron chi connectivity index (χ1n) is 5.88. The van der Waals surface area contributed by atoms with Crippen LogP contribution in [0, 0.1) is 11.3 Å². The molecule has 0 heterocycles. The van der Waals surface area contributed by atoms with E-state index in [2.05, 4.69) is 13.8 Å². The monoisotopic (exact) mass is 217 g/mol. The third-order valence-electron chi connectivity index (χ3n) is 2.69. The highest BCUT2D eigenvalue weighted by Crippen LogP contribution is 2.29. The molecule has 15 heavy (non-hydrogen) atoms. The van der Waals surface area contributed by atoms with E-state index in [1.807, 2.05) is 13.8 Å². The van der Waals surface area contributed by atoms with E-state index in [1.54, 1.807) is 0 Å². The molecule has 1 unspecified atom stereocenters. The van der Waals surface area contributed by atoms with Gasteiger partial charge in [-0.05, 0) is 32.6 Å². The van der Waals surface area contributed by atoms with Crippen LogP contribution < -0.4 is 5.73 Å². The number of nitrogens with two attached hydrogens (primary N) is 1. The lowest BCUT2D eigenvalue weighted by molar-refractivity contribution is 0.0243. The summed E-state index contributed by atoms with van der Waals surface area (Å²) in [6.45, 7) is 9.72. The van der Waals surface area contributed by atoms with Crippen molar-refractivity contribution in [3.63, 3.8) is 0 Å². The highest BCUT2D eigenvalue weighted by atomic mass is 16.5. The lowest BCUT2D eigenvalue weighted by Gasteiger charge is -2.32. The Labute approximate surface area is 94.0 Å². The number of hydrogen-bond donors (Lipinski definition) is 2. The van der Waals surface area contributed by atoms with Gasteiger partial charge in [0.25, 0.3) is 0 Å². The molecule has 0 aliphatic carbocycles. The molecule has 1 atom stereocenters. The van der Waals surface area contributed by atoms with E-state index >= 15 is 0 Å². The maximum atomic E-state index is 9.46. The highest BCUT2D eigenvalue weighted by Gasteiger charge is 2.28. The molecule has 3 N–H and O–H groups in total. The van der Waals surface area contributed by atoms with E-state index in [-0.39, 0.29) is 18.1 Å². The predicted octanol–water partition coefficient (Wildman–Crippen LogP) is 1.78. The van der Waals surface area contributed by atoms with Crippen LogP contribution in [0.2, 0.25) is 0 Å². The fourth-order valence-electron chi connectivity index (χ4n) is 1.87. The van der Waals surface area contributed by atoms with Crippen molar-refractivity contribution in [2.24, 2.45) is 17.1 Å². The number of ether oxygens (including phenoxy) is 1. The maximum Gasteiger partial charge on any atom is 0.0518 e. The molecule has 0 aliphatic heterocycles. The Morgan fingerprint density at radius 3 is 2.20 bits per heavy atom. The van der Waals surface area contributed by atoms with Crippen LogP contribution in [0.4, 0.5) is 0 Å². The molecule has 0 aliphatic rings. The topological polar surface area (TPSA) is 55.5 Å². The quantitative estimate of drug-likeness (QED) is 0.651. The predicted molar refractivity (Wildman–Crippen MR) is 63.7 cm³/mol. The summed E-state index contributed by atoms with van der Waals surface area (Å²) in [4.78, 5) is 0. The first-order valence-corrected chi connectivity index (χ1v) is 5.88. The van der Waals surface area contributed by atoms with E-state index < -0.39 is 0 Å². The van der Waals surface area contributed by atoms with Gasteiger partial charge in [-0.25, -0.2) is 0 Å². The zero-order chi connectivity index (χ0) is 11.9. The average Bonchev–Trinajstić information content (AvgIpc) is 2.15. The third kappa shape index (κ3) is 6.13. The van der Waals surface area contributed by atoms with E-state index in [9.17, 15) is 5.11 Å². The van der Waals surface area contributed by atoms with Crippen molar-refractivity contribution in [1.82, 2.24) is 0 Å². The van der Waals surface area contributed by atoms with Crippen LogP contribution in [-0.2, 0) is 4.74 Å². The molecule has 0 aromatic rings. The molecule has 0 spiro atoms. The molecule has 0 aromatic heterocycles. The van der Waals surface area contributed by atoms with Gasteiger partial charge < -0.3 is 15.6 Å². The van der Waals surface area contributed by atoms with Gasteiger partial charge in [-0.1, -0.05) is 13.8 Å². The molecular weight excluding hydrogens is 190 g/mol. The van der Waals surface area contributed by atoms with Crippen LogP contribution in [0.3, 0.4) is 0 Å². The summed E-state index contributed by atoms with van der Waals surface area (Å²) in [5, 5.41) is 9.46. The Morgan fingerprint density at radius 1 is 1.27 bits per heavy atom. The standard InChI is InChI=1S/C12H27NO2/c1-10(2)7-12(8-13,9-14)5-6-15-11(3)4/h10-11,14H,5-9,13H2,1-4H3. The van der Waals surface area contributed by atoms with Gasteiger partial charge in [0.1, 0.15) is 0 Å². The third-order valence-corrected chi connectivity index (χ3v) is 2.69. The van der Waals surface area contributed by atoms with Gasteiger partial charge in [0.15, 0.2) is 0 Å². The SMILES string of the molecule is CC(C)CC(CN)(CO)CCOC(C)C. The molecule has 0 saturated heterocycles. The molecule has 0 aromatic carbocycles. The minimum atomic E-state index is -0.150. The first kappa shape index (κ1) is 14.9. The zero-order valence-corrected chi connectivity index (χ0v) is 10.6. The van der Waals surface area contributed by atoms with E-state index in [0.29, 0.717) is 19.1 Å². The van der Waals surface area contributed by atoms with Gasteiger partial charge >= 0.3 is 0 Å². The van der Waals surface area contributed by atoms with Crippen molar-refractivity contribution in [2.75, 3.05) is 19.8 Å². The molecule has 0 rings (SSSR count). The number of aliphatic hydroxyl groups excluding tert-OH is 1. The second kappa shape index (κ2) is 7.20. The van der Waals surface area contributed by atoms with Crippen molar-refractivity contribution in [2.45, 2.75) is 46.6 Å². The first-order chi connectivity index (χ1) is 6.95. The molecular formula is C12H27NO2. The van der Waals surface area contributed by atoms with Crippen molar-refractivity contribution in [3.05, 3.63) is 0 Å². The Kier molecular flexibility index (Phi) is 7.14. The summed E-state index contributed by atoms with van der Waals surface area (Å²) in [6, 6.07) is 0. The van der Waals surface area contributed by atoms with Crippen molar-refractivity contribution in [1.29, 1.82) is 0 Å². The lowest BCUT2D eigenvalue weighted by Crippen LogP contribution is -2.37. The minimum Gasteiger partial charge on any atom is -0.396 e. The van der Waals surface area contributed by atoms with Gasteiger partial charge in [0.05, 0.1) is 6.10 Å². The second-order valence-electron chi connectivity index (χ2n) is 5.13. The van der Waals surface area contributed by atoms with Gasteiger partial charge in [-0.3, -0.25) is 0 Å². The van der Waals surface area contributed by atoms with Crippen LogP contribution in [0.5, 0.6) is 0 Å². The average molecular weight is 217 g/mol. The maximum absolute atomic E-state index is 9.46. The van der Waals surface area contributed by atoms with Crippen LogP contribution in [0.1, 0.15) is 40.5 Å². The Hall–Kier alpha value is -0.120. The van der Waals surface area contributed by atoms with E-state index in [1.165, 1.54) is 0 Å². The lowest BCUT2D eigenvalue weighted by atomic mass is 9.78. The number of rotatable bonds is 8. The Morgan fingerprint density at radius 2 is 1.87 bits per heavy atom. The molecule has 3 heteroatoms. The summed E-state index contributed by atoms with van der Waals surface area (Å²) in [7, 11) is 0. The summed E-state index contributed by atoms with van der Waals surface area (Å²) in [5.41, 5.74) is 5.62. The van der Waals surface area contributed by atoms with Gasteiger partial charge in [-0.15, -0.1) is 0 Å². The smallest absolute Gasteiger partial charge is 0.0518 e. The van der Waals surface area contributed by atoms with Crippen molar-refractivity contribution in [3.8, 4) is 0 Å². The molecule has 92 valence electrons. The Bertz CT molecular complexity index is 154. The van der Waals surface area contributed by atoms with Gasteiger partial charge in [0.2, 0.25) is 0 Å². The number of aliphatic hydroxyl groups is 1. The highest BCUT2D eigenvalue weighted by molar-refractivity contribution is 4.80. The second-order valence-corrected chi connectivity index (χ2v) is 5.13. The van der Waals surface area contributed by atoms with E-state index in [4.69, 9.17) is 10.5 Å². The van der Waals surface area contributed by atoms with Crippen LogP contribution >= 0.6 is 0 Å². The van der Waals surface area contributed by atoms with E-state index in [0.717, 1.165) is 12.8 Å². The zero-order valence-electron chi connectivity index (χ0n) is 10.6. The summed E-state index contributed by atoms with van der Waals surface area (Å²) in [5.74, 6) is 0.555. The summed E-state index contributed by atoms with van der Waals surface area (Å²) < 4.78 is 5.52. The number of hydrogen-bond acceptors (Lipinski definition) is 3. The van der Waals surface area contributed by atoms with Crippen LogP contribution in [-0.4, -0.2) is 31.0 Å². The molecule has 0 fully saturated rings. The molecule has 0 radical (unpaired) electrons. The molecule has 0 bridgehead atoms. The fourth-order valence-corrected chi connectivity index (χ4v) is 1.87. The Balaban J connectivity index is 4.11. The molecule has 0 saturated carbocycles. The largest absolute Gasteiger partial charge is 0.396 e. The van der Waals surface area contributed by atoms with Crippen LogP contribution in [0.25, 0.3) is 0 Å². The summed E-state index contributed by atoms with van der Waals surface area (Å²) in [6.07, 6.45) is 2.05. The van der Waals surface area contributed by atoms with Gasteiger partial charge in [-0.2, -0.15) is 0 Å². The van der Waals surface area contributed by atoms with Gasteiger partial charge in [0, 0.05) is 25.2 Å².